The molecule has 0 aliphatic heterocycles. The van der Waals surface area contributed by atoms with Crippen molar-refractivity contribution in [3.05, 3.63) is 106 Å². The number of anilines is 1. The average Bonchev–Trinajstić information content (AvgIpc) is 3.12. The SMILES string of the molecule is Cc1ccc(C)c(NC(=O)/C(C#N)=C/c2cn(Cc3cccc(Cl)c3)c3ccccc23)c1. The fourth-order valence-electron chi connectivity index (χ4n) is 3.72. The Kier molecular flexibility index (Phi) is 6.11. The van der Waals surface area contributed by atoms with Crippen molar-refractivity contribution in [2.45, 2.75) is 20.4 Å². The molecular weight excluding hydrogens is 418 g/mol. The first-order valence-electron chi connectivity index (χ1n) is 10.3. The number of halogens is 1. The third-order valence-electron chi connectivity index (χ3n) is 5.37. The summed E-state index contributed by atoms with van der Waals surface area (Å²) in [7, 11) is 0. The number of fused-ring (bicyclic) bond motifs is 1. The molecule has 3 aromatic carbocycles. The van der Waals surface area contributed by atoms with Crippen molar-refractivity contribution in [1.29, 1.82) is 5.26 Å². The van der Waals surface area contributed by atoms with Gasteiger partial charge in [0.15, 0.2) is 0 Å². The van der Waals surface area contributed by atoms with Crippen LogP contribution < -0.4 is 5.32 Å². The Hall–Kier alpha value is -3.81. The zero-order valence-electron chi connectivity index (χ0n) is 17.9. The van der Waals surface area contributed by atoms with Gasteiger partial charge in [0, 0.05) is 39.9 Å². The van der Waals surface area contributed by atoms with Crippen LogP contribution in [-0.2, 0) is 11.3 Å². The lowest BCUT2D eigenvalue weighted by Crippen LogP contribution is -2.14. The number of carbonyl (C=O) groups excluding carboxylic acids is 1. The van der Waals surface area contributed by atoms with Gasteiger partial charge >= 0.3 is 0 Å². The number of nitriles is 1. The molecule has 0 bridgehead atoms. The van der Waals surface area contributed by atoms with Crippen LogP contribution in [-0.4, -0.2) is 10.5 Å². The summed E-state index contributed by atoms with van der Waals surface area (Å²) < 4.78 is 2.10. The van der Waals surface area contributed by atoms with E-state index >= 15 is 0 Å². The first-order chi connectivity index (χ1) is 15.4. The maximum atomic E-state index is 12.9. The van der Waals surface area contributed by atoms with E-state index in [9.17, 15) is 10.1 Å². The standard InChI is InChI=1S/C27H22ClN3O/c1-18-10-11-19(2)25(12-18)30-27(32)21(15-29)14-22-17-31(26-9-4-3-8-24(22)26)16-20-6-5-7-23(28)13-20/h3-14,17H,16H2,1-2H3,(H,30,32)/b21-14+. The molecule has 1 aromatic heterocycles. The van der Waals surface area contributed by atoms with Gasteiger partial charge in [-0.25, -0.2) is 0 Å². The molecule has 158 valence electrons. The van der Waals surface area contributed by atoms with E-state index in [0.29, 0.717) is 17.3 Å². The van der Waals surface area contributed by atoms with Crippen molar-refractivity contribution in [2.75, 3.05) is 5.32 Å². The second kappa shape index (κ2) is 9.13. The quantitative estimate of drug-likeness (QED) is 0.285. The van der Waals surface area contributed by atoms with E-state index in [1.54, 1.807) is 6.08 Å². The van der Waals surface area contributed by atoms with Crippen molar-refractivity contribution in [2.24, 2.45) is 0 Å². The Morgan fingerprint density at radius 1 is 1.09 bits per heavy atom. The number of hydrogen-bond donors (Lipinski definition) is 1. The molecule has 0 aliphatic rings. The lowest BCUT2D eigenvalue weighted by molar-refractivity contribution is -0.112. The molecule has 1 amide bonds. The van der Waals surface area contributed by atoms with Crippen LogP contribution in [0.4, 0.5) is 5.69 Å². The first-order valence-corrected chi connectivity index (χ1v) is 10.6. The summed E-state index contributed by atoms with van der Waals surface area (Å²) in [6, 6.07) is 23.6. The van der Waals surface area contributed by atoms with Crippen LogP contribution in [0.1, 0.15) is 22.3 Å². The van der Waals surface area contributed by atoms with Crippen molar-refractivity contribution >= 4 is 40.2 Å². The molecule has 32 heavy (non-hydrogen) atoms. The van der Waals surface area contributed by atoms with Gasteiger partial charge < -0.3 is 9.88 Å². The van der Waals surface area contributed by atoms with E-state index in [4.69, 9.17) is 11.6 Å². The molecule has 0 radical (unpaired) electrons. The Balaban J connectivity index is 1.69. The Bertz CT molecular complexity index is 1390. The molecule has 0 saturated heterocycles. The third-order valence-corrected chi connectivity index (χ3v) is 5.60. The number of aromatic nitrogens is 1. The summed E-state index contributed by atoms with van der Waals surface area (Å²) in [5.41, 5.74) is 5.65. The van der Waals surface area contributed by atoms with Crippen molar-refractivity contribution in [1.82, 2.24) is 4.57 Å². The monoisotopic (exact) mass is 439 g/mol. The van der Waals surface area contributed by atoms with E-state index in [1.807, 2.05) is 86.8 Å². The number of hydrogen-bond acceptors (Lipinski definition) is 2. The first kappa shape index (κ1) is 21.4. The van der Waals surface area contributed by atoms with Gasteiger partial charge in [0.1, 0.15) is 11.6 Å². The summed E-state index contributed by atoms with van der Waals surface area (Å²) in [5.74, 6) is -0.423. The zero-order valence-corrected chi connectivity index (χ0v) is 18.6. The van der Waals surface area contributed by atoms with E-state index in [1.165, 1.54) is 0 Å². The smallest absolute Gasteiger partial charge is 0.266 e. The molecule has 0 saturated carbocycles. The van der Waals surface area contributed by atoms with Crippen LogP contribution in [0.25, 0.3) is 17.0 Å². The fraction of sp³-hybridized carbons (Fsp3) is 0.111. The van der Waals surface area contributed by atoms with Crippen LogP contribution in [0.2, 0.25) is 5.02 Å². The highest BCUT2D eigenvalue weighted by Gasteiger charge is 2.14. The van der Waals surface area contributed by atoms with Crippen LogP contribution in [0.3, 0.4) is 0 Å². The normalized spacial score (nSPS) is 11.4. The second-order valence-corrected chi connectivity index (χ2v) is 8.24. The number of amides is 1. The zero-order chi connectivity index (χ0) is 22.7. The lowest BCUT2D eigenvalue weighted by Gasteiger charge is -2.08. The number of nitrogens with one attached hydrogen (secondary N) is 1. The minimum Gasteiger partial charge on any atom is -0.342 e. The Morgan fingerprint density at radius 2 is 1.91 bits per heavy atom. The van der Waals surface area contributed by atoms with Crippen LogP contribution in [0.5, 0.6) is 0 Å². The number of carbonyl (C=O) groups is 1. The van der Waals surface area contributed by atoms with Gasteiger partial charge in [-0.2, -0.15) is 5.26 Å². The number of rotatable bonds is 5. The van der Waals surface area contributed by atoms with E-state index in [-0.39, 0.29) is 5.57 Å². The predicted molar refractivity (Wildman–Crippen MR) is 131 cm³/mol. The van der Waals surface area contributed by atoms with Crippen LogP contribution >= 0.6 is 11.6 Å². The van der Waals surface area contributed by atoms with Crippen molar-refractivity contribution in [3.8, 4) is 6.07 Å². The van der Waals surface area contributed by atoms with E-state index in [0.717, 1.165) is 33.2 Å². The summed E-state index contributed by atoms with van der Waals surface area (Å²) in [5, 5.41) is 14.2. The molecule has 4 nitrogen and oxygen atoms in total. The number of aryl methyl sites for hydroxylation is 2. The van der Waals surface area contributed by atoms with Gasteiger partial charge in [0.2, 0.25) is 0 Å². The number of nitrogens with zero attached hydrogens (tertiary/aromatic N) is 2. The van der Waals surface area contributed by atoms with Gasteiger partial charge in [-0.1, -0.05) is 54.1 Å². The van der Waals surface area contributed by atoms with Crippen molar-refractivity contribution < 1.29 is 4.79 Å². The fourth-order valence-corrected chi connectivity index (χ4v) is 3.93. The molecule has 4 rings (SSSR count). The van der Waals surface area contributed by atoms with Gasteiger partial charge in [-0.3, -0.25) is 4.79 Å². The highest BCUT2D eigenvalue weighted by molar-refractivity contribution is 6.30. The van der Waals surface area contributed by atoms with E-state index in [2.05, 4.69) is 16.0 Å². The van der Waals surface area contributed by atoms with Gasteiger partial charge in [-0.15, -0.1) is 0 Å². The molecule has 1 N–H and O–H groups in total. The number of para-hydroxylation sites is 1. The highest BCUT2D eigenvalue weighted by Crippen LogP contribution is 2.26. The Labute approximate surface area is 192 Å². The minimum absolute atomic E-state index is 0.0524. The van der Waals surface area contributed by atoms with Gasteiger partial charge in [0.25, 0.3) is 5.91 Å². The molecule has 5 heteroatoms. The summed E-state index contributed by atoms with van der Waals surface area (Å²) in [6.45, 7) is 4.52. The lowest BCUT2D eigenvalue weighted by atomic mass is 10.1. The predicted octanol–water partition coefficient (Wildman–Crippen LogP) is 6.51. The topological polar surface area (TPSA) is 57.8 Å². The largest absolute Gasteiger partial charge is 0.342 e. The van der Waals surface area contributed by atoms with Gasteiger partial charge in [0.05, 0.1) is 0 Å². The van der Waals surface area contributed by atoms with Crippen LogP contribution in [0.15, 0.2) is 78.5 Å². The maximum absolute atomic E-state index is 12.9. The summed E-state index contributed by atoms with van der Waals surface area (Å²) in [4.78, 5) is 12.9. The highest BCUT2D eigenvalue weighted by atomic mass is 35.5. The molecule has 4 aromatic rings. The van der Waals surface area contributed by atoms with Crippen molar-refractivity contribution in [3.63, 3.8) is 0 Å². The average molecular weight is 440 g/mol. The summed E-state index contributed by atoms with van der Waals surface area (Å²) >= 11 is 6.15. The molecule has 0 aliphatic carbocycles. The second-order valence-electron chi connectivity index (χ2n) is 7.80. The van der Waals surface area contributed by atoms with Crippen LogP contribution in [0, 0.1) is 25.2 Å². The molecule has 0 atom stereocenters. The number of benzene rings is 3. The molecular formula is C27H22ClN3O. The van der Waals surface area contributed by atoms with Gasteiger partial charge in [-0.05, 0) is 60.9 Å². The molecule has 0 fully saturated rings. The third kappa shape index (κ3) is 4.59. The Morgan fingerprint density at radius 3 is 2.69 bits per heavy atom. The molecule has 1 heterocycles. The minimum atomic E-state index is -0.423. The molecule has 0 unspecified atom stereocenters. The molecule has 0 spiro atoms. The maximum Gasteiger partial charge on any atom is 0.266 e. The van der Waals surface area contributed by atoms with E-state index < -0.39 is 5.91 Å². The summed E-state index contributed by atoms with van der Waals surface area (Å²) in [6.07, 6.45) is 3.62.